The van der Waals surface area contributed by atoms with Gasteiger partial charge in [0.25, 0.3) is 5.91 Å². The third kappa shape index (κ3) is 2.51. The predicted molar refractivity (Wildman–Crippen MR) is 133 cm³/mol. The van der Waals surface area contributed by atoms with Gasteiger partial charge in [-0.15, -0.1) is 11.3 Å². The number of furan rings is 1. The third-order valence-corrected chi connectivity index (χ3v) is 10.1. The SMILES string of the molecule is CN1C(=O)[C@]2(c3ccccc31)N(C)C[C@H](c1cccs1)[C@@]21SC(=S)N(Cc2ccco2)C1=O. The molecule has 0 N–H and O–H groups in total. The van der Waals surface area contributed by atoms with E-state index in [1.807, 2.05) is 48.8 Å². The predicted octanol–water partition coefficient (Wildman–Crippen LogP) is 4.04. The van der Waals surface area contributed by atoms with Crippen molar-refractivity contribution >= 4 is 57.1 Å². The standard InChI is InChI=1S/C24H21N3O3S3/c1-25-14-17(19-10-6-12-32-19)24(21(29)27(22(31)33-24)13-15-7-5-11-30-15)23(25)16-8-3-4-9-18(16)26(2)20(23)28/h3-12,17H,13-14H2,1-2H3/t17-,23+,24+/m1/s1. The monoisotopic (exact) mass is 495 g/mol. The normalized spacial score (nSPS) is 29.3. The van der Waals surface area contributed by atoms with Gasteiger partial charge in [0.05, 0.1) is 12.8 Å². The second-order valence-electron chi connectivity index (χ2n) is 8.61. The first-order chi connectivity index (χ1) is 15.9. The van der Waals surface area contributed by atoms with Crippen molar-refractivity contribution in [3.05, 3.63) is 76.4 Å². The summed E-state index contributed by atoms with van der Waals surface area (Å²) in [6.07, 6.45) is 1.59. The molecule has 6 rings (SSSR count). The van der Waals surface area contributed by atoms with Crippen LogP contribution >= 0.6 is 35.3 Å². The molecule has 0 unspecified atom stereocenters. The van der Waals surface area contributed by atoms with Gasteiger partial charge in [0, 0.05) is 35.6 Å². The number of para-hydroxylation sites is 1. The highest BCUT2D eigenvalue weighted by atomic mass is 32.2. The minimum Gasteiger partial charge on any atom is -0.467 e. The molecule has 5 heterocycles. The lowest BCUT2D eigenvalue weighted by atomic mass is 9.73. The van der Waals surface area contributed by atoms with Gasteiger partial charge < -0.3 is 9.32 Å². The van der Waals surface area contributed by atoms with Crippen molar-refractivity contribution in [3.63, 3.8) is 0 Å². The third-order valence-electron chi connectivity index (χ3n) is 7.14. The Hall–Kier alpha value is -2.46. The van der Waals surface area contributed by atoms with E-state index in [2.05, 4.69) is 11.0 Å². The van der Waals surface area contributed by atoms with Gasteiger partial charge in [0.15, 0.2) is 5.54 Å². The minimum atomic E-state index is -1.16. The molecule has 1 aromatic carbocycles. The number of thiocarbonyl (C=S) groups is 1. The van der Waals surface area contributed by atoms with Gasteiger partial charge in [-0.1, -0.05) is 48.2 Å². The number of thiophene rings is 1. The van der Waals surface area contributed by atoms with Crippen LogP contribution in [0.25, 0.3) is 0 Å². The van der Waals surface area contributed by atoms with E-state index in [0.29, 0.717) is 16.6 Å². The van der Waals surface area contributed by atoms with Crippen molar-refractivity contribution in [2.75, 3.05) is 25.5 Å². The minimum absolute atomic E-state index is 0.0891. The molecule has 2 amide bonds. The van der Waals surface area contributed by atoms with E-state index in [9.17, 15) is 9.59 Å². The Balaban J connectivity index is 1.60. The fraction of sp³-hybridized carbons (Fsp3) is 0.292. The summed E-state index contributed by atoms with van der Waals surface area (Å²) < 4.78 is 4.89. The lowest BCUT2D eigenvalue weighted by Gasteiger charge is -2.42. The van der Waals surface area contributed by atoms with Crippen LogP contribution in [0.2, 0.25) is 0 Å². The van der Waals surface area contributed by atoms with Crippen molar-refractivity contribution in [2.45, 2.75) is 22.7 Å². The molecule has 0 radical (unpaired) electrons. The molecule has 0 bridgehead atoms. The first kappa shape index (κ1) is 21.1. The number of carbonyl (C=O) groups is 2. The van der Waals surface area contributed by atoms with Crippen LogP contribution in [0.15, 0.2) is 64.6 Å². The average Bonchev–Trinajstić information content (AvgIpc) is 3.62. The van der Waals surface area contributed by atoms with Crippen molar-refractivity contribution < 1.29 is 14.0 Å². The molecule has 3 aliphatic rings. The van der Waals surface area contributed by atoms with Gasteiger partial charge in [-0.25, -0.2) is 0 Å². The second-order valence-corrected chi connectivity index (χ2v) is 11.5. The first-order valence-electron chi connectivity index (χ1n) is 10.6. The maximum absolute atomic E-state index is 14.5. The van der Waals surface area contributed by atoms with Crippen LogP contribution in [-0.4, -0.2) is 51.3 Å². The van der Waals surface area contributed by atoms with Crippen molar-refractivity contribution in [1.82, 2.24) is 9.80 Å². The van der Waals surface area contributed by atoms with Crippen molar-refractivity contribution in [3.8, 4) is 0 Å². The van der Waals surface area contributed by atoms with Gasteiger partial charge in [0.1, 0.15) is 14.8 Å². The van der Waals surface area contributed by atoms with E-state index in [0.717, 1.165) is 16.1 Å². The molecule has 3 atom stereocenters. The van der Waals surface area contributed by atoms with Crippen LogP contribution in [0.3, 0.4) is 0 Å². The molecule has 2 fully saturated rings. The molecular formula is C24H21N3O3S3. The summed E-state index contributed by atoms with van der Waals surface area (Å²) in [6.45, 7) is 0.826. The molecular weight excluding hydrogens is 474 g/mol. The van der Waals surface area contributed by atoms with Crippen LogP contribution in [-0.2, 0) is 21.7 Å². The van der Waals surface area contributed by atoms with E-state index in [-0.39, 0.29) is 24.3 Å². The van der Waals surface area contributed by atoms with Gasteiger partial charge in [-0.2, -0.15) is 0 Å². The number of benzene rings is 1. The van der Waals surface area contributed by atoms with Gasteiger partial charge >= 0.3 is 0 Å². The lowest BCUT2D eigenvalue weighted by molar-refractivity contribution is -0.139. The lowest BCUT2D eigenvalue weighted by Crippen LogP contribution is -2.62. The number of nitrogens with zero attached hydrogens (tertiary/aromatic N) is 3. The number of fused-ring (bicyclic) bond motifs is 3. The second kappa shape index (κ2) is 7.27. The quantitative estimate of drug-likeness (QED) is 0.511. The number of thioether (sulfide) groups is 1. The molecule has 0 aliphatic carbocycles. The molecule has 2 saturated heterocycles. The zero-order valence-corrected chi connectivity index (χ0v) is 20.5. The summed E-state index contributed by atoms with van der Waals surface area (Å²) in [4.78, 5) is 35.2. The smallest absolute Gasteiger partial charge is 0.254 e. The van der Waals surface area contributed by atoms with Crippen LogP contribution < -0.4 is 4.90 Å². The van der Waals surface area contributed by atoms with Gasteiger partial charge in [-0.3, -0.25) is 19.4 Å². The van der Waals surface area contributed by atoms with E-state index >= 15 is 0 Å². The zero-order chi connectivity index (χ0) is 23.0. The fourth-order valence-electron chi connectivity index (χ4n) is 5.79. The van der Waals surface area contributed by atoms with E-state index in [1.54, 1.807) is 40.5 Å². The number of likely N-dealkylation sites (N-methyl/N-ethyl adjacent to an activating group) is 2. The highest BCUT2D eigenvalue weighted by Gasteiger charge is 2.78. The van der Waals surface area contributed by atoms with Crippen LogP contribution in [0.5, 0.6) is 0 Å². The number of rotatable bonds is 3. The van der Waals surface area contributed by atoms with Crippen molar-refractivity contribution in [1.29, 1.82) is 0 Å². The average molecular weight is 496 g/mol. The topological polar surface area (TPSA) is 57.0 Å². The highest BCUT2D eigenvalue weighted by molar-refractivity contribution is 8.25. The van der Waals surface area contributed by atoms with E-state index in [1.165, 1.54) is 11.8 Å². The summed E-state index contributed by atoms with van der Waals surface area (Å²) in [6, 6.07) is 15.5. The molecule has 2 spiro atoms. The van der Waals surface area contributed by atoms with E-state index < -0.39 is 10.3 Å². The summed E-state index contributed by atoms with van der Waals surface area (Å²) >= 11 is 8.79. The molecule has 3 aliphatic heterocycles. The Morgan fingerprint density at radius 1 is 1.09 bits per heavy atom. The number of likely N-dealkylation sites (tertiary alicyclic amines) is 1. The van der Waals surface area contributed by atoms with Crippen LogP contribution in [0.1, 0.15) is 22.1 Å². The molecule has 168 valence electrons. The largest absolute Gasteiger partial charge is 0.467 e. The Morgan fingerprint density at radius 2 is 1.91 bits per heavy atom. The molecule has 6 nitrogen and oxygen atoms in total. The molecule has 9 heteroatoms. The summed E-state index contributed by atoms with van der Waals surface area (Å²) in [5.41, 5.74) is 0.545. The summed E-state index contributed by atoms with van der Waals surface area (Å²) in [5, 5.41) is 2.02. The van der Waals surface area contributed by atoms with Crippen LogP contribution in [0, 0.1) is 0 Å². The number of hydrogen-bond acceptors (Lipinski definition) is 7. The Bertz CT molecular complexity index is 1280. The molecule has 33 heavy (non-hydrogen) atoms. The van der Waals surface area contributed by atoms with Gasteiger partial charge in [0.2, 0.25) is 5.91 Å². The maximum atomic E-state index is 14.5. The Labute approximate surface area is 205 Å². The van der Waals surface area contributed by atoms with E-state index in [4.69, 9.17) is 16.6 Å². The number of hydrogen-bond donors (Lipinski definition) is 0. The number of carbonyl (C=O) groups excluding carboxylic acids is 2. The fourth-order valence-corrected chi connectivity index (χ4v) is 8.86. The van der Waals surface area contributed by atoms with Crippen molar-refractivity contribution in [2.24, 2.45) is 0 Å². The first-order valence-corrected chi connectivity index (χ1v) is 12.7. The summed E-state index contributed by atoms with van der Waals surface area (Å²) in [7, 11) is 3.74. The Kier molecular flexibility index (Phi) is 4.65. The summed E-state index contributed by atoms with van der Waals surface area (Å²) in [5.74, 6) is 0.249. The number of amides is 2. The highest BCUT2D eigenvalue weighted by Crippen LogP contribution is 2.66. The number of anilines is 1. The van der Waals surface area contributed by atoms with Crippen LogP contribution in [0.4, 0.5) is 5.69 Å². The zero-order valence-electron chi connectivity index (χ0n) is 18.1. The van der Waals surface area contributed by atoms with Gasteiger partial charge in [-0.05, 0) is 36.7 Å². The maximum Gasteiger partial charge on any atom is 0.254 e. The molecule has 3 aromatic rings. The Morgan fingerprint density at radius 3 is 2.64 bits per heavy atom. The molecule has 0 saturated carbocycles. The molecule has 2 aromatic heterocycles.